The molecule has 1 heteroatoms. The zero-order chi connectivity index (χ0) is 8.55. The number of fused-ring (bicyclic) bond motifs is 1. The molecule has 1 radical (unpaired) electrons. The van der Waals surface area contributed by atoms with Gasteiger partial charge in [0.1, 0.15) is 0 Å². The van der Waals surface area contributed by atoms with E-state index in [9.17, 15) is 0 Å². The summed E-state index contributed by atoms with van der Waals surface area (Å²) >= 11 is 0. The van der Waals surface area contributed by atoms with E-state index in [0.717, 1.165) is 0 Å². The van der Waals surface area contributed by atoms with Crippen molar-refractivity contribution in [3.8, 4) is 0 Å². The van der Waals surface area contributed by atoms with Crippen molar-refractivity contribution in [1.82, 2.24) is 5.32 Å². The van der Waals surface area contributed by atoms with Gasteiger partial charge in [-0.1, -0.05) is 17.7 Å². The van der Waals surface area contributed by atoms with Crippen molar-refractivity contribution in [3.63, 3.8) is 0 Å². The monoisotopic (exact) mass is 160 g/mol. The first-order valence-corrected chi connectivity index (χ1v) is 4.56. The van der Waals surface area contributed by atoms with Crippen molar-refractivity contribution in [2.75, 3.05) is 0 Å². The summed E-state index contributed by atoms with van der Waals surface area (Å²) in [6, 6.07) is 7.05. The van der Waals surface area contributed by atoms with Crippen molar-refractivity contribution >= 4 is 5.69 Å². The van der Waals surface area contributed by atoms with E-state index in [2.05, 4.69) is 37.4 Å². The molecule has 1 aromatic rings. The maximum absolute atomic E-state index is 4.59. The molecule has 0 fully saturated rings. The minimum absolute atomic E-state index is 0.514. The van der Waals surface area contributed by atoms with Crippen LogP contribution in [0.1, 0.15) is 24.5 Å². The largest absolute Gasteiger partial charge is 0.282 e. The number of benzene rings is 1. The van der Waals surface area contributed by atoms with Crippen LogP contribution >= 0.6 is 0 Å². The Kier molecular flexibility index (Phi) is 1.80. The highest BCUT2D eigenvalue weighted by Crippen LogP contribution is 2.25. The molecular formula is C11H14N. The Balaban J connectivity index is 2.37. The molecule has 0 aromatic heterocycles. The minimum Gasteiger partial charge on any atom is -0.282 e. The summed E-state index contributed by atoms with van der Waals surface area (Å²) in [4.78, 5) is 0. The number of hydrogen-bond donors (Lipinski definition) is 0. The summed E-state index contributed by atoms with van der Waals surface area (Å²) in [5.41, 5.74) is 3.98. The zero-order valence-corrected chi connectivity index (χ0v) is 7.67. The lowest BCUT2D eigenvalue weighted by molar-refractivity contribution is 0.554. The predicted molar refractivity (Wildman–Crippen MR) is 50.8 cm³/mol. The SMILES string of the molecule is Cc1ccc2c(c1)CCC(C)[N]2. The Labute approximate surface area is 73.8 Å². The van der Waals surface area contributed by atoms with Gasteiger partial charge in [0.15, 0.2) is 0 Å². The van der Waals surface area contributed by atoms with Crippen LogP contribution in [0.2, 0.25) is 0 Å². The van der Waals surface area contributed by atoms with Gasteiger partial charge in [-0.2, -0.15) is 0 Å². The summed E-state index contributed by atoms with van der Waals surface area (Å²) in [5.74, 6) is 0. The predicted octanol–water partition coefficient (Wildman–Crippen LogP) is 2.57. The molecule has 1 aliphatic rings. The lowest BCUT2D eigenvalue weighted by atomic mass is 9.97. The Morgan fingerprint density at radius 2 is 2.25 bits per heavy atom. The fourth-order valence-electron chi connectivity index (χ4n) is 1.71. The van der Waals surface area contributed by atoms with Gasteiger partial charge in [0.2, 0.25) is 0 Å². The lowest BCUT2D eigenvalue weighted by Gasteiger charge is -2.21. The van der Waals surface area contributed by atoms with Gasteiger partial charge < -0.3 is 0 Å². The first-order valence-electron chi connectivity index (χ1n) is 4.56. The van der Waals surface area contributed by atoms with Crippen molar-refractivity contribution in [2.24, 2.45) is 0 Å². The van der Waals surface area contributed by atoms with E-state index in [0.29, 0.717) is 6.04 Å². The van der Waals surface area contributed by atoms with Crippen LogP contribution in [0.4, 0.5) is 5.69 Å². The summed E-state index contributed by atoms with van der Waals surface area (Å²) in [6.45, 7) is 4.32. The smallest absolute Gasteiger partial charge is 0.0609 e. The molecule has 1 heterocycles. The third kappa shape index (κ3) is 1.31. The number of nitrogens with zero attached hydrogens (tertiary/aromatic N) is 1. The fourth-order valence-corrected chi connectivity index (χ4v) is 1.71. The molecule has 1 unspecified atom stereocenters. The van der Waals surface area contributed by atoms with Crippen molar-refractivity contribution in [2.45, 2.75) is 32.7 Å². The second kappa shape index (κ2) is 2.81. The Hall–Kier alpha value is -0.980. The Morgan fingerprint density at radius 3 is 3.08 bits per heavy atom. The second-order valence-corrected chi connectivity index (χ2v) is 3.65. The molecule has 0 spiro atoms. The highest BCUT2D eigenvalue weighted by atomic mass is 14.9. The van der Waals surface area contributed by atoms with Gasteiger partial charge in [0, 0.05) is 6.04 Å². The van der Waals surface area contributed by atoms with Crippen LogP contribution in [0, 0.1) is 6.92 Å². The zero-order valence-electron chi connectivity index (χ0n) is 7.67. The normalized spacial score (nSPS) is 21.3. The van der Waals surface area contributed by atoms with Crippen LogP contribution in [0.5, 0.6) is 0 Å². The molecule has 12 heavy (non-hydrogen) atoms. The van der Waals surface area contributed by atoms with E-state index in [1.54, 1.807) is 0 Å². The Bertz CT molecular complexity index is 291. The maximum Gasteiger partial charge on any atom is 0.0609 e. The summed E-state index contributed by atoms with van der Waals surface area (Å²) in [7, 11) is 0. The highest BCUT2D eigenvalue weighted by Gasteiger charge is 2.14. The molecule has 1 nitrogen and oxygen atoms in total. The van der Waals surface area contributed by atoms with Crippen LogP contribution in [0.15, 0.2) is 18.2 Å². The molecule has 0 saturated carbocycles. The summed E-state index contributed by atoms with van der Waals surface area (Å²) in [6.07, 6.45) is 2.40. The average molecular weight is 160 g/mol. The van der Waals surface area contributed by atoms with Crippen LogP contribution < -0.4 is 5.32 Å². The van der Waals surface area contributed by atoms with Crippen LogP contribution in [0.25, 0.3) is 0 Å². The molecule has 1 aliphatic heterocycles. The Morgan fingerprint density at radius 1 is 1.42 bits per heavy atom. The van der Waals surface area contributed by atoms with Gasteiger partial charge in [-0.3, -0.25) is 5.32 Å². The van der Waals surface area contributed by atoms with Crippen molar-refractivity contribution in [3.05, 3.63) is 29.3 Å². The van der Waals surface area contributed by atoms with Crippen LogP contribution in [-0.2, 0) is 6.42 Å². The molecule has 0 N–H and O–H groups in total. The standard InChI is InChI=1S/C11H14N/c1-8-3-6-11-10(7-8)5-4-9(2)12-11/h3,6-7,9H,4-5H2,1-2H3. The molecule has 0 amide bonds. The summed E-state index contributed by atoms with van der Waals surface area (Å²) < 4.78 is 0. The number of aryl methyl sites for hydroxylation is 2. The molecule has 63 valence electrons. The van der Waals surface area contributed by atoms with E-state index in [1.807, 2.05) is 0 Å². The molecule has 0 aliphatic carbocycles. The van der Waals surface area contributed by atoms with Gasteiger partial charge in [0.25, 0.3) is 0 Å². The van der Waals surface area contributed by atoms with E-state index < -0.39 is 0 Å². The quantitative estimate of drug-likeness (QED) is 0.554. The first kappa shape index (κ1) is 7.66. The van der Waals surface area contributed by atoms with Crippen molar-refractivity contribution < 1.29 is 0 Å². The van der Waals surface area contributed by atoms with Gasteiger partial charge >= 0.3 is 0 Å². The highest BCUT2D eigenvalue weighted by molar-refractivity contribution is 5.48. The molecule has 1 atom stereocenters. The third-order valence-electron chi connectivity index (χ3n) is 2.43. The van der Waals surface area contributed by atoms with Gasteiger partial charge in [-0.25, -0.2) is 0 Å². The number of rotatable bonds is 0. The molecular weight excluding hydrogens is 146 g/mol. The van der Waals surface area contributed by atoms with Crippen LogP contribution in [-0.4, -0.2) is 6.04 Å². The summed E-state index contributed by atoms with van der Waals surface area (Å²) in [5, 5.41) is 4.59. The average Bonchev–Trinajstić information content (AvgIpc) is 2.05. The van der Waals surface area contributed by atoms with E-state index in [1.165, 1.54) is 29.7 Å². The molecule has 0 bridgehead atoms. The number of hydrogen-bond acceptors (Lipinski definition) is 0. The second-order valence-electron chi connectivity index (χ2n) is 3.65. The van der Waals surface area contributed by atoms with Gasteiger partial charge in [-0.05, 0) is 38.3 Å². The van der Waals surface area contributed by atoms with E-state index in [4.69, 9.17) is 0 Å². The first-order chi connectivity index (χ1) is 5.75. The molecule has 0 saturated heterocycles. The van der Waals surface area contributed by atoms with Gasteiger partial charge in [-0.15, -0.1) is 0 Å². The topological polar surface area (TPSA) is 14.1 Å². The van der Waals surface area contributed by atoms with Crippen molar-refractivity contribution in [1.29, 1.82) is 0 Å². The lowest BCUT2D eigenvalue weighted by Crippen LogP contribution is -2.20. The van der Waals surface area contributed by atoms with Gasteiger partial charge in [0.05, 0.1) is 5.69 Å². The maximum atomic E-state index is 4.59. The van der Waals surface area contributed by atoms with E-state index in [-0.39, 0.29) is 0 Å². The fraction of sp³-hybridized carbons (Fsp3) is 0.455. The minimum atomic E-state index is 0.514. The van der Waals surface area contributed by atoms with Crippen LogP contribution in [0.3, 0.4) is 0 Å². The van der Waals surface area contributed by atoms with E-state index >= 15 is 0 Å². The molecule has 1 aromatic carbocycles. The molecule has 2 rings (SSSR count). The third-order valence-corrected chi connectivity index (χ3v) is 2.43.